The molecule has 0 saturated heterocycles. The van der Waals surface area contributed by atoms with Gasteiger partial charge in [-0.3, -0.25) is 4.79 Å². The molecule has 0 aliphatic rings. The molecular formula is C11H14BrNO2. The fourth-order valence-electron chi connectivity index (χ4n) is 1.15. The van der Waals surface area contributed by atoms with E-state index in [1.807, 2.05) is 6.92 Å². The summed E-state index contributed by atoms with van der Waals surface area (Å²) in [5.74, 6) is -0.219. The Morgan fingerprint density at radius 1 is 1.53 bits per heavy atom. The van der Waals surface area contributed by atoms with Gasteiger partial charge in [-0.1, -0.05) is 35.0 Å². The zero-order valence-electron chi connectivity index (χ0n) is 8.53. The summed E-state index contributed by atoms with van der Waals surface area (Å²) < 4.78 is 0. The standard InChI is InChI=1S/C11H14BrNO2/c1-8(12)6-7-13-11(15)9-4-2-3-5-10(9)14/h2-5,8,14H,6-7H2,1H3,(H,13,15). The van der Waals surface area contributed by atoms with Crippen LogP contribution in [0.4, 0.5) is 0 Å². The minimum atomic E-state index is -0.235. The number of phenols is 1. The maximum atomic E-state index is 11.6. The van der Waals surface area contributed by atoms with Crippen LogP contribution < -0.4 is 5.32 Å². The maximum Gasteiger partial charge on any atom is 0.255 e. The van der Waals surface area contributed by atoms with Crippen LogP contribution in [-0.2, 0) is 0 Å². The second-order valence-corrected chi connectivity index (χ2v) is 4.91. The predicted octanol–water partition coefficient (Wildman–Crippen LogP) is 2.30. The van der Waals surface area contributed by atoms with Crippen molar-refractivity contribution in [1.82, 2.24) is 5.32 Å². The summed E-state index contributed by atoms with van der Waals surface area (Å²) >= 11 is 3.39. The molecule has 4 heteroatoms. The van der Waals surface area contributed by atoms with E-state index in [1.54, 1.807) is 18.2 Å². The van der Waals surface area contributed by atoms with Gasteiger partial charge in [-0.2, -0.15) is 0 Å². The van der Waals surface area contributed by atoms with Gasteiger partial charge < -0.3 is 10.4 Å². The number of rotatable bonds is 4. The van der Waals surface area contributed by atoms with Gasteiger partial charge in [0, 0.05) is 11.4 Å². The predicted molar refractivity (Wildman–Crippen MR) is 63.4 cm³/mol. The summed E-state index contributed by atoms with van der Waals surface area (Å²) in [5.41, 5.74) is 0.319. The molecule has 3 nitrogen and oxygen atoms in total. The molecule has 0 aliphatic carbocycles. The van der Waals surface area contributed by atoms with Crippen LogP contribution in [-0.4, -0.2) is 22.4 Å². The first-order valence-corrected chi connectivity index (χ1v) is 5.73. The van der Waals surface area contributed by atoms with Crippen LogP contribution in [0.15, 0.2) is 24.3 Å². The number of aromatic hydroxyl groups is 1. The van der Waals surface area contributed by atoms with E-state index < -0.39 is 0 Å². The number of amides is 1. The Kier molecular flexibility index (Phi) is 4.62. The third kappa shape index (κ3) is 3.91. The van der Waals surface area contributed by atoms with Crippen molar-refractivity contribution in [2.75, 3.05) is 6.54 Å². The lowest BCUT2D eigenvalue weighted by atomic mass is 10.2. The number of phenolic OH excluding ortho intramolecular Hbond substituents is 1. The number of carbonyl (C=O) groups excluding carboxylic acids is 1. The molecule has 1 unspecified atom stereocenters. The van der Waals surface area contributed by atoms with Gasteiger partial charge in [0.05, 0.1) is 5.56 Å². The van der Waals surface area contributed by atoms with Crippen molar-refractivity contribution in [3.63, 3.8) is 0 Å². The molecule has 0 bridgehead atoms. The molecule has 2 N–H and O–H groups in total. The van der Waals surface area contributed by atoms with Crippen molar-refractivity contribution in [3.8, 4) is 5.75 Å². The molecule has 0 aliphatic heterocycles. The van der Waals surface area contributed by atoms with Gasteiger partial charge in [-0.15, -0.1) is 0 Å². The number of alkyl halides is 1. The van der Waals surface area contributed by atoms with Gasteiger partial charge in [0.25, 0.3) is 5.91 Å². The van der Waals surface area contributed by atoms with Crippen LogP contribution >= 0.6 is 15.9 Å². The molecule has 0 heterocycles. The van der Waals surface area contributed by atoms with Gasteiger partial charge in [0.15, 0.2) is 0 Å². The van der Waals surface area contributed by atoms with Gasteiger partial charge in [0.2, 0.25) is 0 Å². The molecule has 0 radical (unpaired) electrons. The Hall–Kier alpha value is -1.03. The molecule has 15 heavy (non-hydrogen) atoms. The zero-order chi connectivity index (χ0) is 11.3. The van der Waals surface area contributed by atoms with E-state index in [9.17, 15) is 9.90 Å². The van der Waals surface area contributed by atoms with Gasteiger partial charge >= 0.3 is 0 Å². The Morgan fingerprint density at radius 3 is 2.80 bits per heavy atom. The summed E-state index contributed by atoms with van der Waals surface area (Å²) in [6.45, 7) is 2.62. The van der Waals surface area contributed by atoms with Crippen LogP contribution in [0.5, 0.6) is 5.75 Å². The molecule has 0 saturated carbocycles. The molecule has 1 amide bonds. The molecule has 0 aromatic heterocycles. The molecule has 1 atom stereocenters. The second kappa shape index (κ2) is 5.75. The van der Waals surface area contributed by atoms with Crippen LogP contribution in [0.2, 0.25) is 0 Å². The Labute approximate surface area is 97.6 Å². The number of benzene rings is 1. The number of para-hydroxylation sites is 1. The lowest BCUT2D eigenvalue weighted by Crippen LogP contribution is -2.25. The quantitative estimate of drug-likeness (QED) is 0.826. The number of hydrogen-bond acceptors (Lipinski definition) is 2. The first kappa shape index (κ1) is 12.0. The number of halogens is 1. The second-order valence-electron chi connectivity index (χ2n) is 3.34. The Balaban J connectivity index is 2.51. The van der Waals surface area contributed by atoms with Crippen LogP contribution in [0.1, 0.15) is 23.7 Å². The van der Waals surface area contributed by atoms with E-state index in [2.05, 4.69) is 21.2 Å². The van der Waals surface area contributed by atoms with Crippen molar-refractivity contribution < 1.29 is 9.90 Å². The molecule has 1 aromatic rings. The zero-order valence-corrected chi connectivity index (χ0v) is 10.1. The van der Waals surface area contributed by atoms with Crippen LogP contribution in [0.25, 0.3) is 0 Å². The fraction of sp³-hybridized carbons (Fsp3) is 0.364. The van der Waals surface area contributed by atoms with E-state index in [0.717, 1.165) is 6.42 Å². The highest BCUT2D eigenvalue weighted by Crippen LogP contribution is 2.15. The number of hydrogen-bond donors (Lipinski definition) is 2. The average Bonchev–Trinajstić information content (AvgIpc) is 2.17. The van der Waals surface area contributed by atoms with Gasteiger partial charge in [-0.25, -0.2) is 0 Å². The monoisotopic (exact) mass is 271 g/mol. The van der Waals surface area contributed by atoms with E-state index >= 15 is 0 Å². The Bertz CT molecular complexity index is 339. The third-order valence-electron chi connectivity index (χ3n) is 1.98. The van der Waals surface area contributed by atoms with E-state index in [4.69, 9.17) is 0 Å². The molecule has 0 spiro atoms. The number of nitrogens with one attached hydrogen (secondary N) is 1. The van der Waals surface area contributed by atoms with Crippen molar-refractivity contribution >= 4 is 21.8 Å². The average molecular weight is 272 g/mol. The summed E-state index contributed by atoms with van der Waals surface area (Å²) in [6, 6.07) is 6.51. The van der Waals surface area contributed by atoms with E-state index in [0.29, 0.717) is 16.9 Å². The first-order chi connectivity index (χ1) is 7.11. The maximum absolute atomic E-state index is 11.6. The van der Waals surface area contributed by atoms with E-state index in [-0.39, 0.29) is 11.7 Å². The SMILES string of the molecule is CC(Br)CCNC(=O)c1ccccc1O. The van der Waals surface area contributed by atoms with Crippen LogP contribution in [0.3, 0.4) is 0 Å². The van der Waals surface area contributed by atoms with Crippen LogP contribution in [0, 0.1) is 0 Å². The lowest BCUT2D eigenvalue weighted by molar-refractivity contribution is 0.0950. The molecule has 1 rings (SSSR count). The van der Waals surface area contributed by atoms with Gasteiger partial charge in [-0.05, 0) is 18.6 Å². The van der Waals surface area contributed by atoms with E-state index in [1.165, 1.54) is 6.07 Å². The smallest absolute Gasteiger partial charge is 0.255 e. The highest BCUT2D eigenvalue weighted by molar-refractivity contribution is 9.09. The normalized spacial score (nSPS) is 12.1. The van der Waals surface area contributed by atoms with Crippen molar-refractivity contribution in [2.24, 2.45) is 0 Å². The highest BCUT2D eigenvalue weighted by Gasteiger charge is 2.09. The van der Waals surface area contributed by atoms with Crippen molar-refractivity contribution in [1.29, 1.82) is 0 Å². The molecular weight excluding hydrogens is 258 g/mol. The molecule has 82 valence electrons. The fourth-order valence-corrected chi connectivity index (χ4v) is 1.37. The summed E-state index contributed by atoms with van der Waals surface area (Å²) in [4.78, 5) is 11.9. The summed E-state index contributed by atoms with van der Waals surface area (Å²) in [6.07, 6.45) is 0.860. The molecule has 1 aromatic carbocycles. The summed E-state index contributed by atoms with van der Waals surface area (Å²) in [5, 5.41) is 12.2. The largest absolute Gasteiger partial charge is 0.507 e. The first-order valence-electron chi connectivity index (χ1n) is 4.81. The lowest BCUT2D eigenvalue weighted by Gasteiger charge is -2.07. The van der Waals surface area contributed by atoms with Crippen molar-refractivity contribution in [2.45, 2.75) is 18.2 Å². The minimum Gasteiger partial charge on any atom is -0.507 e. The number of carbonyl (C=O) groups is 1. The Morgan fingerprint density at radius 2 is 2.20 bits per heavy atom. The minimum absolute atomic E-state index is 0.0156. The third-order valence-corrected chi connectivity index (χ3v) is 2.43. The molecule has 0 fully saturated rings. The highest BCUT2D eigenvalue weighted by atomic mass is 79.9. The summed E-state index contributed by atoms with van der Waals surface area (Å²) in [7, 11) is 0. The van der Waals surface area contributed by atoms with Crippen molar-refractivity contribution in [3.05, 3.63) is 29.8 Å². The van der Waals surface area contributed by atoms with Gasteiger partial charge in [0.1, 0.15) is 5.75 Å². The topological polar surface area (TPSA) is 49.3 Å².